The molecule has 0 aliphatic carbocycles. The summed E-state index contributed by atoms with van der Waals surface area (Å²) in [4.78, 5) is 11.6. The molecule has 1 unspecified atom stereocenters. The minimum atomic E-state index is 0.465. The van der Waals surface area contributed by atoms with Crippen molar-refractivity contribution in [2.45, 2.75) is 44.7 Å². The largest absolute Gasteiger partial charge is 0.363 e. The van der Waals surface area contributed by atoms with E-state index in [0.29, 0.717) is 5.92 Å². The van der Waals surface area contributed by atoms with Crippen LogP contribution < -0.4 is 4.90 Å². The molecule has 0 amide bonds. The fraction of sp³-hybridized carbons (Fsp3) is 0.667. The molecule has 2 aromatic rings. The summed E-state index contributed by atoms with van der Waals surface area (Å²) in [5.74, 6) is 3.73. The van der Waals surface area contributed by atoms with E-state index in [1.54, 1.807) is 0 Å². The Kier molecular flexibility index (Phi) is 5.92. The van der Waals surface area contributed by atoms with Crippen molar-refractivity contribution in [2.24, 2.45) is 7.05 Å². The third-order valence-electron chi connectivity index (χ3n) is 6.11. The van der Waals surface area contributed by atoms with Gasteiger partial charge in [-0.15, -0.1) is 10.2 Å². The lowest BCUT2D eigenvalue weighted by atomic mass is 9.97. The van der Waals surface area contributed by atoms with E-state index in [9.17, 15) is 0 Å². The summed E-state index contributed by atoms with van der Waals surface area (Å²) in [6, 6.07) is 4.30. The molecule has 7 nitrogen and oxygen atoms in total. The van der Waals surface area contributed by atoms with Crippen molar-refractivity contribution < 1.29 is 0 Å². The smallest absolute Gasteiger partial charge is 0.146 e. The van der Waals surface area contributed by atoms with Crippen LogP contribution >= 0.6 is 0 Å². The minimum absolute atomic E-state index is 0.465. The molecule has 2 aliphatic heterocycles. The van der Waals surface area contributed by atoms with Crippen molar-refractivity contribution in [2.75, 3.05) is 45.2 Å². The zero-order valence-corrected chi connectivity index (χ0v) is 17.5. The number of piperidine rings is 1. The molecule has 0 radical (unpaired) electrons. The van der Waals surface area contributed by atoms with Gasteiger partial charge in [0, 0.05) is 46.3 Å². The Labute approximate surface area is 168 Å². The molecule has 7 heteroatoms. The van der Waals surface area contributed by atoms with E-state index in [-0.39, 0.29) is 0 Å². The van der Waals surface area contributed by atoms with Gasteiger partial charge in [-0.3, -0.25) is 9.80 Å². The number of hydrogen-bond acceptors (Lipinski definition) is 6. The second-order valence-corrected chi connectivity index (χ2v) is 8.51. The van der Waals surface area contributed by atoms with Crippen LogP contribution in [0.5, 0.6) is 0 Å². The second kappa shape index (κ2) is 8.57. The maximum Gasteiger partial charge on any atom is 0.146 e. The van der Waals surface area contributed by atoms with Gasteiger partial charge in [0.1, 0.15) is 17.5 Å². The van der Waals surface area contributed by atoms with Crippen LogP contribution in [0.4, 0.5) is 5.82 Å². The molecule has 2 aromatic heterocycles. The standard InChI is InChI=1S/C21H33N7/c1-25(2)19-9-8-17(13-22-19)14-28-12-6-7-18(15-28)21-24-23-20(26(21)3)16-27-10-4-5-11-27/h8-9,13,18H,4-7,10-12,14-16H2,1-3H3. The summed E-state index contributed by atoms with van der Waals surface area (Å²) < 4.78 is 2.25. The Bertz CT molecular complexity index is 762. The van der Waals surface area contributed by atoms with E-state index in [1.165, 1.54) is 44.3 Å². The van der Waals surface area contributed by atoms with Crippen LogP contribution in [0.15, 0.2) is 18.3 Å². The van der Waals surface area contributed by atoms with Gasteiger partial charge < -0.3 is 9.47 Å². The van der Waals surface area contributed by atoms with Gasteiger partial charge in [-0.1, -0.05) is 6.07 Å². The predicted molar refractivity (Wildman–Crippen MR) is 111 cm³/mol. The monoisotopic (exact) mass is 383 g/mol. The second-order valence-electron chi connectivity index (χ2n) is 8.51. The van der Waals surface area contributed by atoms with Crippen LogP contribution in [0, 0.1) is 0 Å². The zero-order chi connectivity index (χ0) is 19.5. The Balaban J connectivity index is 1.39. The molecule has 0 spiro atoms. The van der Waals surface area contributed by atoms with E-state index >= 15 is 0 Å². The predicted octanol–water partition coefficient (Wildman–Crippen LogP) is 2.25. The van der Waals surface area contributed by atoms with Gasteiger partial charge in [0.2, 0.25) is 0 Å². The number of pyridine rings is 1. The number of likely N-dealkylation sites (tertiary alicyclic amines) is 2. The van der Waals surface area contributed by atoms with E-state index in [1.807, 2.05) is 25.2 Å². The Morgan fingerprint density at radius 2 is 1.79 bits per heavy atom. The van der Waals surface area contributed by atoms with Crippen LogP contribution in [0.25, 0.3) is 0 Å². The van der Waals surface area contributed by atoms with Crippen molar-refractivity contribution in [3.8, 4) is 0 Å². The molecule has 4 rings (SSSR count). The quantitative estimate of drug-likeness (QED) is 0.763. The highest BCUT2D eigenvalue weighted by Crippen LogP contribution is 2.27. The van der Waals surface area contributed by atoms with Gasteiger partial charge in [0.15, 0.2) is 0 Å². The minimum Gasteiger partial charge on any atom is -0.363 e. The molecule has 0 aromatic carbocycles. The Hall–Kier alpha value is -1.99. The molecule has 1 atom stereocenters. The van der Waals surface area contributed by atoms with Crippen molar-refractivity contribution in [3.05, 3.63) is 35.5 Å². The van der Waals surface area contributed by atoms with Gasteiger partial charge in [0.25, 0.3) is 0 Å². The Morgan fingerprint density at radius 3 is 2.50 bits per heavy atom. The lowest BCUT2D eigenvalue weighted by Gasteiger charge is -2.32. The average molecular weight is 384 g/mol. The number of anilines is 1. The van der Waals surface area contributed by atoms with Gasteiger partial charge in [0.05, 0.1) is 6.54 Å². The number of rotatable bonds is 6. The molecule has 4 heterocycles. The third-order valence-corrected chi connectivity index (χ3v) is 6.11. The maximum absolute atomic E-state index is 4.60. The van der Waals surface area contributed by atoms with E-state index in [0.717, 1.165) is 43.6 Å². The first-order chi connectivity index (χ1) is 13.6. The fourth-order valence-corrected chi connectivity index (χ4v) is 4.45. The molecule has 2 aliphatic rings. The van der Waals surface area contributed by atoms with Gasteiger partial charge in [-0.2, -0.15) is 0 Å². The van der Waals surface area contributed by atoms with Gasteiger partial charge >= 0.3 is 0 Å². The van der Waals surface area contributed by atoms with Gasteiger partial charge in [-0.05, 0) is 56.9 Å². The summed E-state index contributed by atoms with van der Waals surface area (Å²) in [7, 11) is 6.19. The number of hydrogen-bond donors (Lipinski definition) is 0. The molecule has 2 fully saturated rings. The first-order valence-electron chi connectivity index (χ1n) is 10.6. The average Bonchev–Trinajstić information content (AvgIpc) is 3.33. The Morgan fingerprint density at radius 1 is 1.00 bits per heavy atom. The SMILES string of the molecule is CN(C)c1ccc(CN2CCCC(c3nnc(CN4CCCC4)n3C)C2)cn1. The van der Waals surface area contributed by atoms with E-state index < -0.39 is 0 Å². The van der Waals surface area contributed by atoms with Gasteiger partial charge in [-0.25, -0.2) is 4.98 Å². The van der Waals surface area contributed by atoms with Crippen LogP contribution in [0.2, 0.25) is 0 Å². The maximum atomic E-state index is 4.60. The molecular formula is C21H33N7. The summed E-state index contributed by atoms with van der Waals surface area (Å²) in [6.07, 6.45) is 7.04. The summed E-state index contributed by atoms with van der Waals surface area (Å²) in [5.41, 5.74) is 1.28. The molecule has 0 N–H and O–H groups in total. The molecule has 28 heavy (non-hydrogen) atoms. The van der Waals surface area contributed by atoms with Crippen molar-refractivity contribution in [1.29, 1.82) is 0 Å². The normalized spacial score (nSPS) is 21.3. The molecule has 152 valence electrons. The van der Waals surface area contributed by atoms with Crippen LogP contribution in [0.3, 0.4) is 0 Å². The highest BCUT2D eigenvalue weighted by molar-refractivity contribution is 5.37. The van der Waals surface area contributed by atoms with Crippen LogP contribution in [-0.4, -0.2) is 69.8 Å². The van der Waals surface area contributed by atoms with Crippen LogP contribution in [0.1, 0.15) is 48.8 Å². The highest BCUT2D eigenvalue weighted by atomic mass is 15.3. The number of aromatic nitrogens is 4. The summed E-state index contributed by atoms with van der Waals surface area (Å²) in [5, 5.41) is 9.12. The summed E-state index contributed by atoms with van der Waals surface area (Å²) >= 11 is 0. The zero-order valence-electron chi connectivity index (χ0n) is 17.5. The van der Waals surface area contributed by atoms with E-state index in [4.69, 9.17) is 0 Å². The lowest BCUT2D eigenvalue weighted by Crippen LogP contribution is -2.35. The van der Waals surface area contributed by atoms with Crippen molar-refractivity contribution >= 4 is 5.82 Å². The first kappa shape index (κ1) is 19.3. The molecule has 0 saturated carbocycles. The first-order valence-corrected chi connectivity index (χ1v) is 10.6. The summed E-state index contributed by atoms with van der Waals surface area (Å²) in [6.45, 7) is 6.47. The fourth-order valence-electron chi connectivity index (χ4n) is 4.45. The molecule has 2 saturated heterocycles. The molecular weight excluding hydrogens is 350 g/mol. The number of nitrogens with zero attached hydrogens (tertiary/aromatic N) is 7. The third kappa shape index (κ3) is 4.36. The highest BCUT2D eigenvalue weighted by Gasteiger charge is 2.26. The van der Waals surface area contributed by atoms with E-state index in [2.05, 4.69) is 48.7 Å². The van der Waals surface area contributed by atoms with Crippen molar-refractivity contribution in [3.63, 3.8) is 0 Å². The molecule has 0 bridgehead atoms. The lowest BCUT2D eigenvalue weighted by molar-refractivity contribution is 0.194. The van der Waals surface area contributed by atoms with Crippen molar-refractivity contribution in [1.82, 2.24) is 29.5 Å². The van der Waals surface area contributed by atoms with Crippen LogP contribution in [-0.2, 0) is 20.1 Å². The topological polar surface area (TPSA) is 53.3 Å².